The maximum atomic E-state index is 12.7. The highest BCUT2D eigenvalue weighted by Gasteiger charge is 2.30. The van der Waals surface area contributed by atoms with Gasteiger partial charge in [0.15, 0.2) is 5.82 Å². The Balaban J connectivity index is 2.01. The number of carbonyl (C=O) groups is 2. The Bertz CT molecular complexity index is 797. The molecule has 0 radical (unpaired) electrons. The lowest BCUT2D eigenvalue weighted by molar-refractivity contribution is -0.128. The molecule has 1 atom stereocenters. The van der Waals surface area contributed by atoms with Crippen LogP contribution in [-0.2, 0) is 21.7 Å². The van der Waals surface area contributed by atoms with Crippen molar-refractivity contribution in [2.45, 2.75) is 58.7 Å². The molecule has 0 saturated heterocycles. The Morgan fingerprint density at radius 2 is 2.00 bits per heavy atom. The number of aryl methyl sites for hydroxylation is 1. The fraction of sp³-hybridized carbons (Fsp3) is 0.450. The smallest absolute Gasteiger partial charge is 0.245 e. The van der Waals surface area contributed by atoms with E-state index in [1.165, 1.54) is 6.33 Å². The third-order valence-electron chi connectivity index (χ3n) is 4.67. The van der Waals surface area contributed by atoms with Crippen molar-refractivity contribution in [3.63, 3.8) is 0 Å². The van der Waals surface area contributed by atoms with Crippen LogP contribution >= 0.6 is 0 Å². The first-order valence-corrected chi connectivity index (χ1v) is 9.19. The number of hydrogen-bond donors (Lipinski definition) is 3. The van der Waals surface area contributed by atoms with Gasteiger partial charge in [-0.3, -0.25) is 9.59 Å². The molecule has 1 aromatic carbocycles. The van der Waals surface area contributed by atoms with Crippen LogP contribution in [0, 0.1) is 6.92 Å². The van der Waals surface area contributed by atoms with Crippen LogP contribution in [0.25, 0.3) is 0 Å². The van der Waals surface area contributed by atoms with Crippen LogP contribution < -0.4 is 16.4 Å². The van der Waals surface area contributed by atoms with Crippen LogP contribution in [0.4, 0.5) is 5.82 Å². The lowest BCUT2D eigenvalue weighted by Crippen LogP contribution is -2.43. The summed E-state index contributed by atoms with van der Waals surface area (Å²) >= 11 is 0. The van der Waals surface area contributed by atoms with E-state index in [1.807, 2.05) is 38.1 Å². The summed E-state index contributed by atoms with van der Waals surface area (Å²) < 4.78 is 1.68. The maximum Gasteiger partial charge on any atom is 0.245 e. The van der Waals surface area contributed by atoms with Gasteiger partial charge in [-0.1, -0.05) is 37.6 Å². The second-order valence-electron chi connectivity index (χ2n) is 7.22. The van der Waals surface area contributed by atoms with Gasteiger partial charge in [-0.15, -0.1) is 0 Å². The van der Waals surface area contributed by atoms with Crippen LogP contribution in [-0.4, -0.2) is 27.4 Å². The number of aromatic nitrogens is 2. The number of rotatable bonds is 8. The van der Waals surface area contributed by atoms with Gasteiger partial charge in [-0.25, -0.2) is 4.98 Å². The molecule has 0 bridgehead atoms. The minimum Gasteiger partial charge on any atom is -0.350 e. The molecule has 0 fully saturated rings. The second-order valence-corrected chi connectivity index (χ2v) is 7.22. The van der Waals surface area contributed by atoms with Gasteiger partial charge < -0.3 is 20.9 Å². The number of nitrogens with two attached hydrogens (primary N) is 1. The summed E-state index contributed by atoms with van der Waals surface area (Å²) in [6.07, 6.45) is 4.62. The number of nitrogens with one attached hydrogen (secondary N) is 2. The molecule has 146 valence electrons. The third-order valence-corrected chi connectivity index (χ3v) is 4.67. The average molecular weight is 371 g/mol. The summed E-state index contributed by atoms with van der Waals surface area (Å²) in [5.41, 5.74) is 7.16. The fourth-order valence-corrected chi connectivity index (χ4v) is 2.67. The molecule has 0 aliphatic heterocycles. The van der Waals surface area contributed by atoms with Crippen molar-refractivity contribution in [3.05, 3.63) is 47.9 Å². The second kappa shape index (κ2) is 8.81. The van der Waals surface area contributed by atoms with Crippen molar-refractivity contribution in [1.82, 2.24) is 14.9 Å². The quantitative estimate of drug-likeness (QED) is 0.662. The monoisotopic (exact) mass is 371 g/mol. The molecule has 0 aliphatic carbocycles. The lowest BCUT2D eigenvalue weighted by Gasteiger charge is -2.25. The van der Waals surface area contributed by atoms with Gasteiger partial charge in [0.1, 0.15) is 5.54 Å². The average Bonchev–Trinajstić information content (AvgIpc) is 3.10. The third kappa shape index (κ3) is 5.17. The molecule has 1 aromatic heterocycles. The number of carbonyl (C=O) groups excluding carboxylic acids is 2. The Morgan fingerprint density at radius 3 is 2.67 bits per heavy atom. The van der Waals surface area contributed by atoms with Gasteiger partial charge in [0.25, 0.3) is 0 Å². The summed E-state index contributed by atoms with van der Waals surface area (Å²) in [7, 11) is 0. The molecular formula is C20H29N5O2. The molecule has 7 nitrogen and oxygen atoms in total. The van der Waals surface area contributed by atoms with Gasteiger partial charge in [0.05, 0.1) is 12.4 Å². The summed E-state index contributed by atoms with van der Waals surface area (Å²) in [5, 5.41) is 5.66. The fourth-order valence-electron chi connectivity index (χ4n) is 2.67. The van der Waals surface area contributed by atoms with E-state index in [2.05, 4.69) is 15.6 Å². The number of nitrogens with zero attached hydrogens (tertiary/aromatic N) is 2. The Morgan fingerprint density at radius 1 is 1.30 bits per heavy atom. The summed E-state index contributed by atoms with van der Waals surface area (Å²) in [4.78, 5) is 28.9. The predicted molar refractivity (Wildman–Crippen MR) is 106 cm³/mol. The standard InChI is InChI=1S/C20H29N5O2/c1-5-8-16(21)18(26)24-17-12-25(13-23-17)20(3,4)19(27)22-11-15-10-7-6-9-14(15)2/h6-7,9-10,12-13,16H,5,8,11,21H2,1-4H3,(H,22,27)(H,24,26)/t16-/m0/s1. The number of hydrogen-bond acceptors (Lipinski definition) is 4. The Kier molecular flexibility index (Phi) is 6.74. The normalized spacial score (nSPS) is 12.5. The van der Waals surface area contributed by atoms with Gasteiger partial charge in [-0.05, 0) is 38.3 Å². The largest absolute Gasteiger partial charge is 0.350 e. The van der Waals surface area contributed by atoms with Crippen molar-refractivity contribution >= 4 is 17.6 Å². The molecule has 2 aromatic rings. The molecule has 4 N–H and O–H groups in total. The van der Waals surface area contributed by atoms with E-state index in [0.29, 0.717) is 18.8 Å². The highest BCUT2D eigenvalue weighted by Crippen LogP contribution is 2.18. The molecule has 2 rings (SSSR count). The van der Waals surface area contributed by atoms with Crippen LogP contribution in [0.2, 0.25) is 0 Å². The van der Waals surface area contributed by atoms with Crippen LogP contribution in [0.3, 0.4) is 0 Å². The van der Waals surface area contributed by atoms with Gasteiger partial charge in [0.2, 0.25) is 11.8 Å². The first-order valence-electron chi connectivity index (χ1n) is 9.19. The molecule has 27 heavy (non-hydrogen) atoms. The number of anilines is 1. The van der Waals surface area contributed by atoms with Gasteiger partial charge in [0, 0.05) is 12.7 Å². The summed E-state index contributed by atoms with van der Waals surface area (Å²) in [5.74, 6) is -0.0287. The minimum absolute atomic E-state index is 0.135. The highest BCUT2D eigenvalue weighted by atomic mass is 16.2. The molecular weight excluding hydrogens is 342 g/mol. The van der Waals surface area contributed by atoms with Crippen molar-refractivity contribution in [3.8, 4) is 0 Å². The zero-order chi connectivity index (χ0) is 20.0. The molecule has 1 heterocycles. The van der Waals surface area contributed by atoms with E-state index in [0.717, 1.165) is 17.5 Å². The molecule has 0 unspecified atom stereocenters. The van der Waals surface area contributed by atoms with Crippen LogP contribution in [0.1, 0.15) is 44.7 Å². The molecule has 0 spiro atoms. The topological polar surface area (TPSA) is 102 Å². The van der Waals surface area contributed by atoms with Crippen LogP contribution in [0.5, 0.6) is 0 Å². The van der Waals surface area contributed by atoms with E-state index in [9.17, 15) is 9.59 Å². The first-order chi connectivity index (χ1) is 12.8. The Labute approximate surface area is 160 Å². The zero-order valence-corrected chi connectivity index (χ0v) is 16.5. The zero-order valence-electron chi connectivity index (χ0n) is 16.5. The predicted octanol–water partition coefficient (Wildman–Crippen LogP) is 2.31. The molecule has 0 saturated carbocycles. The van der Waals surface area contributed by atoms with E-state index in [-0.39, 0.29) is 11.8 Å². The Hall–Kier alpha value is -2.67. The SMILES string of the molecule is CCC[C@H](N)C(=O)Nc1cn(C(C)(C)C(=O)NCc2ccccc2C)cn1. The molecule has 2 amide bonds. The first kappa shape index (κ1) is 20.6. The van der Waals surface area contributed by atoms with E-state index in [4.69, 9.17) is 5.73 Å². The van der Waals surface area contributed by atoms with Crippen molar-refractivity contribution in [2.75, 3.05) is 5.32 Å². The van der Waals surface area contributed by atoms with Gasteiger partial charge >= 0.3 is 0 Å². The van der Waals surface area contributed by atoms with E-state index >= 15 is 0 Å². The van der Waals surface area contributed by atoms with Crippen molar-refractivity contribution < 1.29 is 9.59 Å². The molecule has 7 heteroatoms. The van der Waals surface area contributed by atoms with Crippen LogP contribution in [0.15, 0.2) is 36.8 Å². The highest BCUT2D eigenvalue weighted by molar-refractivity contribution is 5.93. The minimum atomic E-state index is -0.857. The van der Waals surface area contributed by atoms with Crippen molar-refractivity contribution in [1.29, 1.82) is 0 Å². The summed E-state index contributed by atoms with van der Waals surface area (Å²) in [6, 6.07) is 7.37. The maximum absolute atomic E-state index is 12.7. The van der Waals surface area contributed by atoms with Gasteiger partial charge in [-0.2, -0.15) is 0 Å². The van der Waals surface area contributed by atoms with E-state index < -0.39 is 11.6 Å². The number of amides is 2. The van der Waals surface area contributed by atoms with E-state index in [1.54, 1.807) is 24.6 Å². The number of imidazole rings is 1. The molecule has 0 aliphatic rings. The van der Waals surface area contributed by atoms with Crippen molar-refractivity contribution in [2.24, 2.45) is 5.73 Å². The number of benzene rings is 1. The summed E-state index contributed by atoms with van der Waals surface area (Å²) in [6.45, 7) is 8.05. The lowest BCUT2D eigenvalue weighted by atomic mass is 10.0.